The van der Waals surface area contributed by atoms with Crippen LogP contribution in [0.1, 0.15) is 48.5 Å². The van der Waals surface area contributed by atoms with Gasteiger partial charge in [0.15, 0.2) is 0 Å². The third kappa shape index (κ3) is 3.42. The average molecular weight is 292 g/mol. The van der Waals surface area contributed by atoms with E-state index in [0.717, 1.165) is 0 Å². The summed E-state index contributed by atoms with van der Waals surface area (Å²) < 4.78 is 5.01. The first-order chi connectivity index (χ1) is 9.96. The molecule has 0 aliphatic heterocycles. The van der Waals surface area contributed by atoms with E-state index in [9.17, 15) is 14.7 Å². The topological polar surface area (TPSA) is 83.8 Å². The Balaban J connectivity index is 2.10. The molecule has 1 aliphatic carbocycles. The number of carboxylic acid groups (broad SMARTS) is 1. The van der Waals surface area contributed by atoms with E-state index in [-0.39, 0.29) is 17.5 Å². The summed E-state index contributed by atoms with van der Waals surface area (Å²) >= 11 is 0. The minimum Gasteiger partial charge on any atom is -0.478 e. The first kappa shape index (κ1) is 15.5. The van der Waals surface area contributed by atoms with E-state index >= 15 is 0 Å². The highest BCUT2D eigenvalue weighted by atomic mass is 16.5. The summed E-state index contributed by atoms with van der Waals surface area (Å²) in [6.45, 7) is 2.13. The molecule has 0 unspecified atom stereocenters. The van der Waals surface area contributed by atoms with Crippen LogP contribution >= 0.6 is 0 Å². The Morgan fingerprint density at radius 3 is 2.57 bits per heavy atom. The predicted octanol–water partition coefficient (Wildman–Crippen LogP) is 2.33. The number of carbonyl (C=O) groups is 2. The molecule has 0 aromatic heterocycles. The van der Waals surface area contributed by atoms with Gasteiger partial charge in [0, 0.05) is 0 Å². The minimum absolute atomic E-state index is 0.161. The maximum absolute atomic E-state index is 11.7. The number of carboxylic acids is 1. The summed E-state index contributed by atoms with van der Waals surface area (Å²) in [5, 5.41) is 19.8. The average Bonchev–Trinajstić information content (AvgIpc) is 2.48. The predicted molar refractivity (Wildman–Crippen MR) is 75.9 cm³/mol. The molecule has 0 radical (unpaired) electrons. The van der Waals surface area contributed by atoms with Crippen LogP contribution in [0.3, 0.4) is 0 Å². The van der Waals surface area contributed by atoms with Gasteiger partial charge in [-0.05, 0) is 50.3 Å². The lowest BCUT2D eigenvalue weighted by molar-refractivity contribution is -0.151. The largest absolute Gasteiger partial charge is 0.478 e. The zero-order valence-corrected chi connectivity index (χ0v) is 12.0. The summed E-state index contributed by atoms with van der Waals surface area (Å²) in [6.07, 6.45) is 1.96. The lowest BCUT2D eigenvalue weighted by Crippen LogP contribution is -2.34. The molecule has 0 heterocycles. The van der Waals surface area contributed by atoms with Gasteiger partial charge in [-0.25, -0.2) is 4.79 Å². The van der Waals surface area contributed by atoms with Crippen LogP contribution in [-0.2, 0) is 15.1 Å². The Morgan fingerprint density at radius 1 is 1.33 bits per heavy atom. The van der Waals surface area contributed by atoms with Crippen LogP contribution in [-0.4, -0.2) is 28.8 Å². The van der Waals surface area contributed by atoms with Crippen molar-refractivity contribution < 1.29 is 24.5 Å². The van der Waals surface area contributed by atoms with Crippen LogP contribution in [0, 0.1) is 5.92 Å². The normalized spacial score (nSPS) is 25.3. The van der Waals surface area contributed by atoms with Gasteiger partial charge in [-0.3, -0.25) is 4.79 Å². The molecule has 0 bridgehead atoms. The highest BCUT2D eigenvalue weighted by molar-refractivity contribution is 5.87. The van der Waals surface area contributed by atoms with Crippen molar-refractivity contribution in [1.29, 1.82) is 0 Å². The molecule has 0 amide bonds. The molecule has 1 aliphatic rings. The van der Waals surface area contributed by atoms with Gasteiger partial charge >= 0.3 is 11.9 Å². The van der Waals surface area contributed by atoms with Crippen LogP contribution in [0.2, 0.25) is 0 Å². The number of benzene rings is 1. The molecule has 1 aromatic carbocycles. The molecule has 2 N–H and O–H groups in total. The first-order valence-corrected chi connectivity index (χ1v) is 7.19. The van der Waals surface area contributed by atoms with E-state index in [1.54, 1.807) is 19.1 Å². The Kier molecular flexibility index (Phi) is 4.63. The second-order valence-corrected chi connectivity index (χ2v) is 5.44. The molecule has 0 atom stereocenters. The van der Waals surface area contributed by atoms with E-state index in [0.29, 0.717) is 37.9 Å². The molecule has 1 fully saturated rings. The highest BCUT2D eigenvalue weighted by Gasteiger charge is 2.37. The lowest BCUT2D eigenvalue weighted by atomic mass is 9.75. The number of carbonyl (C=O) groups excluding carboxylic acids is 1. The van der Waals surface area contributed by atoms with Crippen molar-refractivity contribution in [2.75, 3.05) is 6.61 Å². The van der Waals surface area contributed by atoms with Crippen LogP contribution in [0.15, 0.2) is 24.3 Å². The molecule has 1 aromatic rings. The van der Waals surface area contributed by atoms with Crippen LogP contribution < -0.4 is 0 Å². The minimum atomic E-state index is -1.06. The van der Waals surface area contributed by atoms with Crippen molar-refractivity contribution in [3.8, 4) is 0 Å². The molecule has 5 heteroatoms. The van der Waals surface area contributed by atoms with E-state index in [1.807, 2.05) is 0 Å². The van der Waals surface area contributed by atoms with Gasteiger partial charge in [0.2, 0.25) is 0 Å². The quantitative estimate of drug-likeness (QED) is 0.832. The SMILES string of the molecule is CCOC(=O)C1CCC(O)(c2cccc(C(=O)O)c2)CC1. The van der Waals surface area contributed by atoms with Gasteiger partial charge in [-0.1, -0.05) is 12.1 Å². The molecule has 21 heavy (non-hydrogen) atoms. The zero-order chi connectivity index (χ0) is 15.5. The molecular formula is C16H20O5. The summed E-state index contributed by atoms with van der Waals surface area (Å²) in [5.74, 6) is -1.40. The molecular weight excluding hydrogens is 272 g/mol. The third-order valence-electron chi connectivity index (χ3n) is 4.08. The van der Waals surface area contributed by atoms with E-state index < -0.39 is 11.6 Å². The summed E-state index contributed by atoms with van der Waals surface area (Å²) in [7, 11) is 0. The number of ether oxygens (including phenoxy) is 1. The smallest absolute Gasteiger partial charge is 0.335 e. The van der Waals surface area contributed by atoms with Crippen molar-refractivity contribution in [2.45, 2.75) is 38.2 Å². The zero-order valence-electron chi connectivity index (χ0n) is 12.0. The van der Waals surface area contributed by atoms with Gasteiger partial charge in [0.05, 0.1) is 23.7 Å². The van der Waals surface area contributed by atoms with Crippen molar-refractivity contribution in [3.63, 3.8) is 0 Å². The van der Waals surface area contributed by atoms with Gasteiger partial charge in [-0.2, -0.15) is 0 Å². The van der Waals surface area contributed by atoms with Crippen molar-refractivity contribution >= 4 is 11.9 Å². The van der Waals surface area contributed by atoms with E-state index in [1.165, 1.54) is 12.1 Å². The van der Waals surface area contributed by atoms with Crippen LogP contribution in [0.25, 0.3) is 0 Å². The van der Waals surface area contributed by atoms with Crippen LogP contribution in [0.5, 0.6) is 0 Å². The van der Waals surface area contributed by atoms with Gasteiger partial charge in [0.25, 0.3) is 0 Å². The van der Waals surface area contributed by atoms with E-state index in [4.69, 9.17) is 9.84 Å². The second-order valence-electron chi connectivity index (χ2n) is 5.44. The van der Waals surface area contributed by atoms with Gasteiger partial charge in [-0.15, -0.1) is 0 Å². The van der Waals surface area contributed by atoms with Crippen LogP contribution in [0.4, 0.5) is 0 Å². The maximum Gasteiger partial charge on any atom is 0.335 e. The third-order valence-corrected chi connectivity index (χ3v) is 4.08. The number of hydrogen-bond donors (Lipinski definition) is 2. The van der Waals surface area contributed by atoms with Crippen molar-refractivity contribution in [3.05, 3.63) is 35.4 Å². The number of rotatable bonds is 4. The van der Waals surface area contributed by atoms with Crippen molar-refractivity contribution in [2.24, 2.45) is 5.92 Å². The summed E-state index contributed by atoms with van der Waals surface area (Å²) in [5.41, 5.74) is -0.299. The Bertz CT molecular complexity index is 529. The second kappa shape index (κ2) is 6.26. The summed E-state index contributed by atoms with van der Waals surface area (Å²) in [4.78, 5) is 22.7. The Hall–Kier alpha value is -1.88. The number of esters is 1. The number of aliphatic hydroxyl groups is 1. The fourth-order valence-electron chi connectivity index (χ4n) is 2.82. The fourth-order valence-corrected chi connectivity index (χ4v) is 2.82. The lowest BCUT2D eigenvalue weighted by Gasteiger charge is -2.35. The number of aromatic carboxylic acids is 1. The molecule has 114 valence electrons. The maximum atomic E-state index is 11.7. The molecule has 0 spiro atoms. The standard InChI is InChI=1S/C16H20O5/c1-2-21-15(19)11-6-8-16(20,9-7-11)13-5-3-4-12(10-13)14(17)18/h3-5,10-11,20H,2,6-9H2,1H3,(H,17,18). The van der Waals surface area contributed by atoms with Gasteiger partial charge in [0.1, 0.15) is 0 Å². The molecule has 2 rings (SSSR count). The van der Waals surface area contributed by atoms with E-state index in [2.05, 4.69) is 0 Å². The van der Waals surface area contributed by atoms with Gasteiger partial charge < -0.3 is 14.9 Å². The number of hydrogen-bond acceptors (Lipinski definition) is 4. The molecule has 0 saturated heterocycles. The summed E-state index contributed by atoms with van der Waals surface area (Å²) in [6, 6.07) is 6.37. The Labute approximate surface area is 123 Å². The first-order valence-electron chi connectivity index (χ1n) is 7.19. The van der Waals surface area contributed by atoms with Crippen molar-refractivity contribution in [1.82, 2.24) is 0 Å². The fraction of sp³-hybridized carbons (Fsp3) is 0.500. The highest BCUT2D eigenvalue weighted by Crippen LogP contribution is 2.40. The Morgan fingerprint density at radius 2 is 2.00 bits per heavy atom. The molecule has 5 nitrogen and oxygen atoms in total. The monoisotopic (exact) mass is 292 g/mol. The molecule has 1 saturated carbocycles.